The van der Waals surface area contributed by atoms with Crippen molar-refractivity contribution in [1.29, 1.82) is 0 Å². The average molecular weight is 383 g/mol. The van der Waals surface area contributed by atoms with E-state index in [4.69, 9.17) is 0 Å². The molecule has 1 aliphatic heterocycles. The van der Waals surface area contributed by atoms with Crippen LogP contribution < -0.4 is 15.5 Å². The minimum absolute atomic E-state index is 0. The number of nitrogens with zero attached hydrogens (tertiary/aromatic N) is 2. The van der Waals surface area contributed by atoms with Crippen LogP contribution in [0.3, 0.4) is 0 Å². The van der Waals surface area contributed by atoms with Crippen molar-refractivity contribution in [3.05, 3.63) is 59.3 Å². The second-order valence-corrected chi connectivity index (χ2v) is 5.96. The molecular formula is C18H24Cl2N4O. The molecule has 0 radical (unpaired) electrons. The lowest BCUT2D eigenvalue weighted by atomic mass is 9.94. The van der Waals surface area contributed by atoms with Gasteiger partial charge >= 0.3 is 0 Å². The van der Waals surface area contributed by atoms with E-state index in [-0.39, 0.29) is 36.8 Å². The van der Waals surface area contributed by atoms with Gasteiger partial charge in [0, 0.05) is 38.4 Å². The number of aromatic nitrogens is 1. The second-order valence-electron chi connectivity index (χ2n) is 5.96. The van der Waals surface area contributed by atoms with Gasteiger partial charge < -0.3 is 15.5 Å². The highest BCUT2D eigenvalue weighted by atomic mass is 35.5. The van der Waals surface area contributed by atoms with Crippen LogP contribution in [0.4, 0.5) is 5.82 Å². The van der Waals surface area contributed by atoms with Gasteiger partial charge in [0.15, 0.2) is 0 Å². The average Bonchev–Trinajstić information content (AvgIpc) is 2.59. The van der Waals surface area contributed by atoms with Crippen LogP contribution in [-0.2, 0) is 6.42 Å². The van der Waals surface area contributed by atoms with Crippen LogP contribution >= 0.6 is 24.8 Å². The van der Waals surface area contributed by atoms with Gasteiger partial charge in [0.25, 0.3) is 5.91 Å². The summed E-state index contributed by atoms with van der Waals surface area (Å²) < 4.78 is 0. The Morgan fingerprint density at radius 1 is 1.28 bits per heavy atom. The molecule has 3 rings (SSSR count). The molecule has 25 heavy (non-hydrogen) atoms. The zero-order valence-corrected chi connectivity index (χ0v) is 16.0. The standard InChI is InChI=1S/C18H22N4O.2ClH/c1-22(2)17-11-14(8-10-20-17)18(23)21-12-16-15-6-4-3-5-13(15)7-9-19-16;;/h3-6,8,10-11,16,19H,7,9,12H2,1-2H3,(H,21,23);2*1H. The van der Waals surface area contributed by atoms with Crippen molar-refractivity contribution in [2.24, 2.45) is 0 Å². The van der Waals surface area contributed by atoms with E-state index in [0.717, 1.165) is 18.8 Å². The monoisotopic (exact) mass is 382 g/mol. The van der Waals surface area contributed by atoms with E-state index >= 15 is 0 Å². The number of amides is 1. The first-order chi connectivity index (χ1) is 11.1. The summed E-state index contributed by atoms with van der Waals surface area (Å²) in [4.78, 5) is 18.5. The Kier molecular flexibility index (Phi) is 8.16. The highest BCUT2D eigenvalue weighted by Gasteiger charge is 2.19. The maximum atomic E-state index is 12.4. The minimum atomic E-state index is -0.0691. The minimum Gasteiger partial charge on any atom is -0.363 e. The third kappa shape index (κ3) is 5.08. The molecule has 2 heterocycles. The smallest absolute Gasteiger partial charge is 0.251 e. The topological polar surface area (TPSA) is 57.3 Å². The first kappa shape index (κ1) is 21.2. The molecule has 2 aromatic rings. The molecule has 1 aliphatic rings. The van der Waals surface area contributed by atoms with E-state index < -0.39 is 0 Å². The number of halogens is 2. The highest BCUT2D eigenvalue weighted by molar-refractivity contribution is 5.94. The number of rotatable bonds is 4. The van der Waals surface area contributed by atoms with Crippen molar-refractivity contribution < 1.29 is 4.79 Å². The zero-order valence-electron chi connectivity index (χ0n) is 14.4. The number of anilines is 1. The van der Waals surface area contributed by atoms with Gasteiger partial charge in [0.2, 0.25) is 0 Å². The first-order valence-corrected chi connectivity index (χ1v) is 7.88. The van der Waals surface area contributed by atoms with Crippen molar-refractivity contribution in [2.75, 3.05) is 32.1 Å². The third-order valence-corrected chi connectivity index (χ3v) is 4.15. The third-order valence-electron chi connectivity index (χ3n) is 4.15. The SMILES string of the molecule is CN(C)c1cc(C(=O)NCC2NCCc3ccccc32)ccn1.Cl.Cl. The Morgan fingerprint density at radius 2 is 2.04 bits per heavy atom. The molecule has 5 nitrogen and oxygen atoms in total. The normalized spacial score (nSPS) is 15.2. The lowest BCUT2D eigenvalue weighted by Crippen LogP contribution is -2.38. The molecule has 0 bridgehead atoms. The van der Waals surface area contributed by atoms with Gasteiger partial charge in [-0.2, -0.15) is 0 Å². The van der Waals surface area contributed by atoms with Gasteiger partial charge in [-0.15, -0.1) is 24.8 Å². The summed E-state index contributed by atoms with van der Waals surface area (Å²) in [5.74, 6) is 0.708. The zero-order chi connectivity index (χ0) is 16.2. The molecule has 1 aromatic carbocycles. The maximum absolute atomic E-state index is 12.4. The van der Waals surface area contributed by atoms with E-state index in [1.807, 2.05) is 25.1 Å². The van der Waals surface area contributed by atoms with Crippen molar-refractivity contribution in [3.63, 3.8) is 0 Å². The van der Waals surface area contributed by atoms with Gasteiger partial charge in [0.05, 0.1) is 0 Å². The van der Waals surface area contributed by atoms with E-state index in [9.17, 15) is 4.79 Å². The van der Waals surface area contributed by atoms with Crippen molar-refractivity contribution >= 4 is 36.5 Å². The fraction of sp³-hybridized carbons (Fsp3) is 0.333. The summed E-state index contributed by atoms with van der Waals surface area (Å²) in [5, 5.41) is 6.50. The summed E-state index contributed by atoms with van der Waals surface area (Å²) in [6, 6.07) is 12.1. The number of pyridine rings is 1. The first-order valence-electron chi connectivity index (χ1n) is 7.88. The fourth-order valence-corrected chi connectivity index (χ4v) is 2.88. The molecule has 2 N–H and O–H groups in total. The molecule has 1 unspecified atom stereocenters. The molecule has 1 amide bonds. The van der Waals surface area contributed by atoms with E-state index in [1.54, 1.807) is 18.3 Å². The Morgan fingerprint density at radius 3 is 2.80 bits per heavy atom. The van der Waals surface area contributed by atoms with Gasteiger partial charge in [-0.1, -0.05) is 24.3 Å². The number of hydrogen-bond acceptors (Lipinski definition) is 4. The predicted octanol–water partition coefficient (Wildman–Crippen LogP) is 2.61. The second kappa shape index (κ2) is 9.61. The van der Waals surface area contributed by atoms with Crippen LogP contribution in [0.5, 0.6) is 0 Å². The predicted molar refractivity (Wildman–Crippen MR) is 106 cm³/mol. The van der Waals surface area contributed by atoms with Crippen molar-refractivity contribution in [3.8, 4) is 0 Å². The molecule has 0 saturated heterocycles. The number of fused-ring (bicyclic) bond motifs is 1. The van der Waals surface area contributed by atoms with E-state index in [2.05, 4.69) is 33.8 Å². The Hall–Kier alpha value is -1.82. The summed E-state index contributed by atoms with van der Waals surface area (Å²) in [5.41, 5.74) is 3.28. The number of carbonyl (C=O) groups excluding carboxylic acids is 1. The molecular weight excluding hydrogens is 359 g/mol. The number of hydrogen-bond donors (Lipinski definition) is 2. The highest BCUT2D eigenvalue weighted by Crippen LogP contribution is 2.22. The van der Waals surface area contributed by atoms with Crippen LogP contribution in [0.15, 0.2) is 42.6 Å². The maximum Gasteiger partial charge on any atom is 0.251 e. The molecule has 0 saturated carbocycles. The van der Waals surface area contributed by atoms with Gasteiger partial charge in [-0.3, -0.25) is 4.79 Å². The molecule has 1 aromatic heterocycles. The van der Waals surface area contributed by atoms with Crippen LogP contribution in [0.25, 0.3) is 0 Å². The van der Waals surface area contributed by atoms with Crippen LogP contribution in [-0.4, -0.2) is 38.1 Å². The summed E-state index contributed by atoms with van der Waals surface area (Å²) >= 11 is 0. The van der Waals surface area contributed by atoms with E-state index in [1.165, 1.54) is 11.1 Å². The largest absolute Gasteiger partial charge is 0.363 e. The molecule has 0 aliphatic carbocycles. The molecule has 1 atom stereocenters. The van der Waals surface area contributed by atoms with Gasteiger partial charge in [-0.05, 0) is 36.2 Å². The Bertz CT molecular complexity index is 709. The summed E-state index contributed by atoms with van der Waals surface area (Å²) in [6.07, 6.45) is 2.70. The van der Waals surface area contributed by atoms with Crippen LogP contribution in [0.1, 0.15) is 27.5 Å². The molecule has 7 heteroatoms. The van der Waals surface area contributed by atoms with Crippen LogP contribution in [0, 0.1) is 0 Å². The number of nitrogens with one attached hydrogen (secondary N) is 2. The lowest BCUT2D eigenvalue weighted by molar-refractivity contribution is 0.0949. The summed E-state index contributed by atoms with van der Waals surface area (Å²) in [7, 11) is 3.82. The quantitative estimate of drug-likeness (QED) is 0.852. The number of benzene rings is 1. The summed E-state index contributed by atoms with van der Waals surface area (Å²) in [6.45, 7) is 1.52. The van der Waals surface area contributed by atoms with Gasteiger partial charge in [-0.25, -0.2) is 4.98 Å². The molecule has 136 valence electrons. The van der Waals surface area contributed by atoms with Crippen molar-refractivity contribution in [1.82, 2.24) is 15.6 Å². The van der Waals surface area contributed by atoms with Crippen LogP contribution in [0.2, 0.25) is 0 Å². The molecule has 0 spiro atoms. The Labute approximate surface area is 161 Å². The fourth-order valence-electron chi connectivity index (χ4n) is 2.88. The molecule has 0 fully saturated rings. The number of carbonyl (C=O) groups is 1. The van der Waals surface area contributed by atoms with Crippen molar-refractivity contribution in [2.45, 2.75) is 12.5 Å². The van der Waals surface area contributed by atoms with Gasteiger partial charge in [0.1, 0.15) is 5.82 Å². The van der Waals surface area contributed by atoms with E-state index in [0.29, 0.717) is 12.1 Å². The Balaban J connectivity index is 0.00000156. The lowest BCUT2D eigenvalue weighted by Gasteiger charge is -2.27.